The third-order valence-electron chi connectivity index (χ3n) is 8.29. The second-order valence-corrected chi connectivity index (χ2v) is 9.05. The number of aliphatic hydroxyl groups excluding tert-OH is 2. The Kier molecular flexibility index (Phi) is 3.35. The van der Waals surface area contributed by atoms with Crippen LogP contribution >= 0.6 is 0 Å². The Morgan fingerprint density at radius 2 is 1.83 bits per heavy atom. The van der Waals surface area contributed by atoms with Gasteiger partial charge in [-0.2, -0.15) is 0 Å². The van der Waals surface area contributed by atoms with Gasteiger partial charge in [0.1, 0.15) is 11.6 Å². The Labute approximate surface area is 137 Å². The van der Waals surface area contributed by atoms with Crippen LogP contribution < -0.4 is 0 Å². The van der Waals surface area contributed by atoms with Gasteiger partial charge in [0.15, 0.2) is 0 Å². The molecule has 4 rings (SSSR count). The molecule has 0 aromatic heterocycles. The predicted molar refractivity (Wildman–Crippen MR) is 84.5 cm³/mol. The van der Waals surface area contributed by atoms with Gasteiger partial charge in [0.25, 0.3) is 0 Å². The van der Waals surface area contributed by atoms with Crippen LogP contribution in [0.1, 0.15) is 58.8 Å². The molecule has 4 aliphatic rings. The zero-order valence-electron chi connectivity index (χ0n) is 14.1. The number of rotatable bonds is 0. The first-order valence-corrected chi connectivity index (χ1v) is 9.19. The highest BCUT2D eigenvalue weighted by Crippen LogP contribution is 2.65. The van der Waals surface area contributed by atoms with E-state index >= 15 is 0 Å². The lowest BCUT2D eigenvalue weighted by atomic mass is 9.44. The smallest absolute Gasteiger partial charge is 0.144 e. The predicted octanol–water partition coefficient (Wildman–Crippen LogP) is 2.11. The second kappa shape index (κ2) is 4.89. The van der Waals surface area contributed by atoms with Gasteiger partial charge >= 0.3 is 0 Å². The van der Waals surface area contributed by atoms with Crippen LogP contribution in [0, 0.1) is 34.5 Å². The second-order valence-electron chi connectivity index (χ2n) is 9.05. The highest BCUT2D eigenvalue weighted by Gasteiger charge is 2.65. The van der Waals surface area contributed by atoms with Crippen molar-refractivity contribution >= 4 is 11.6 Å². The largest absolute Gasteiger partial charge is 0.392 e. The molecule has 0 aliphatic heterocycles. The van der Waals surface area contributed by atoms with Gasteiger partial charge in [-0.1, -0.05) is 6.92 Å². The number of hydrogen-bond donors (Lipinski definition) is 2. The maximum atomic E-state index is 12.5. The Bertz CT molecular complexity index is 558. The maximum Gasteiger partial charge on any atom is 0.144 e. The van der Waals surface area contributed by atoms with E-state index in [1.54, 1.807) is 0 Å². The summed E-state index contributed by atoms with van der Waals surface area (Å²) in [6.07, 6.45) is 3.80. The SMILES string of the molecule is C[C@]12CCC(=O)C[C@@H]1CC[C@H]1[C@@H]3[C@@H](O)CC(=O)[C@@]3(C)[C@@H](O)C[C@@H]12. The lowest BCUT2D eigenvalue weighted by Gasteiger charge is -2.60. The summed E-state index contributed by atoms with van der Waals surface area (Å²) in [6.45, 7) is 4.16. The Balaban J connectivity index is 1.72. The molecule has 0 aromatic rings. The molecule has 8 atom stereocenters. The summed E-state index contributed by atoms with van der Waals surface area (Å²) in [7, 11) is 0. The van der Waals surface area contributed by atoms with Gasteiger partial charge in [-0.3, -0.25) is 9.59 Å². The number of hydrogen-bond acceptors (Lipinski definition) is 4. The summed E-state index contributed by atoms with van der Waals surface area (Å²) in [5.41, 5.74) is -0.696. The molecular weight excluding hydrogens is 292 g/mol. The van der Waals surface area contributed by atoms with Crippen LogP contribution in [-0.4, -0.2) is 34.0 Å². The molecule has 2 N–H and O–H groups in total. The van der Waals surface area contributed by atoms with Crippen molar-refractivity contribution in [3.63, 3.8) is 0 Å². The van der Waals surface area contributed by atoms with Crippen molar-refractivity contribution in [3.05, 3.63) is 0 Å². The fraction of sp³-hybridized carbons (Fsp3) is 0.895. The molecule has 0 aromatic carbocycles. The highest BCUT2D eigenvalue weighted by molar-refractivity contribution is 5.88. The lowest BCUT2D eigenvalue weighted by Crippen LogP contribution is -2.59. The Morgan fingerprint density at radius 1 is 1.09 bits per heavy atom. The molecule has 0 amide bonds. The summed E-state index contributed by atoms with van der Waals surface area (Å²) in [4.78, 5) is 24.3. The molecule has 4 nitrogen and oxygen atoms in total. The minimum absolute atomic E-state index is 0.0343. The quantitative estimate of drug-likeness (QED) is 0.717. The average molecular weight is 320 g/mol. The van der Waals surface area contributed by atoms with E-state index in [0.29, 0.717) is 42.8 Å². The zero-order valence-corrected chi connectivity index (χ0v) is 14.1. The van der Waals surface area contributed by atoms with Crippen molar-refractivity contribution in [2.45, 2.75) is 71.0 Å². The third kappa shape index (κ3) is 1.91. The highest BCUT2D eigenvalue weighted by atomic mass is 16.3. The standard InChI is InChI=1S/C19H28O4/c1-18-6-5-11(20)7-10(18)3-4-12-13(18)8-15(22)19(2)16(23)9-14(21)17(12)19/h10,12-15,17,21-22H,3-9H2,1-2H3/t10-,12+,13-,14-,15-,17+,18-,19+/m0/s1. The minimum atomic E-state index is -0.770. The van der Waals surface area contributed by atoms with Crippen LogP contribution in [0.2, 0.25) is 0 Å². The number of aliphatic hydroxyl groups is 2. The van der Waals surface area contributed by atoms with E-state index in [2.05, 4.69) is 6.92 Å². The third-order valence-corrected chi connectivity index (χ3v) is 8.29. The van der Waals surface area contributed by atoms with Crippen molar-refractivity contribution in [3.8, 4) is 0 Å². The summed E-state index contributed by atoms with van der Waals surface area (Å²) < 4.78 is 0. The number of fused-ring (bicyclic) bond motifs is 5. The molecular formula is C19H28O4. The van der Waals surface area contributed by atoms with Crippen LogP contribution in [-0.2, 0) is 9.59 Å². The first kappa shape index (κ1) is 15.8. The van der Waals surface area contributed by atoms with Crippen LogP contribution in [0.15, 0.2) is 0 Å². The van der Waals surface area contributed by atoms with Gasteiger partial charge < -0.3 is 10.2 Å². The summed E-state index contributed by atoms with van der Waals surface area (Å²) in [5, 5.41) is 21.4. The molecule has 0 heterocycles. The Hall–Kier alpha value is -0.740. The number of carbonyl (C=O) groups is 2. The number of Topliss-reactive ketones (excluding diaryl/α,β-unsaturated/α-hetero) is 2. The van der Waals surface area contributed by atoms with E-state index in [9.17, 15) is 19.8 Å². The zero-order chi connectivity index (χ0) is 16.6. The van der Waals surface area contributed by atoms with Gasteiger partial charge in [-0.15, -0.1) is 0 Å². The lowest BCUT2D eigenvalue weighted by molar-refractivity contribution is -0.175. The van der Waals surface area contributed by atoms with E-state index in [-0.39, 0.29) is 23.5 Å². The van der Waals surface area contributed by atoms with Gasteiger partial charge in [0.2, 0.25) is 0 Å². The minimum Gasteiger partial charge on any atom is -0.392 e. The first-order valence-electron chi connectivity index (χ1n) is 9.19. The molecule has 0 bridgehead atoms. The van der Waals surface area contributed by atoms with Crippen molar-refractivity contribution in [2.24, 2.45) is 34.5 Å². The number of carbonyl (C=O) groups excluding carboxylic acids is 2. The van der Waals surface area contributed by atoms with Crippen LogP contribution in [0.25, 0.3) is 0 Å². The van der Waals surface area contributed by atoms with E-state index in [1.165, 1.54) is 0 Å². The molecule has 128 valence electrons. The fourth-order valence-electron chi connectivity index (χ4n) is 6.85. The van der Waals surface area contributed by atoms with Crippen LogP contribution in [0.4, 0.5) is 0 Å². The van der Waals surface area contributed by atoms with Gasteiger partial charge in [0, 0.05) is 25.2 Å². The molecule has 4 fully saturated rings. The average Bonchev–Trinajstić information content (AvgIpc) is 2.73. The summed E-state index contributed by atoms with van der Waals surface area (Å²) >= 11 is 0. The maximum absolute atomic E-state index is 12.5. The van der Waals surface area contributed by atoms with E-state index < -0.39 is 17.6 Å². The molecule has 4 saturated carbocycles. The molecule has 0 saturated heterocycles. The van der Waals surface area contributed by atoms with Gasteiger partial charge in [-0.25, -0.2) is 0 Å². The van der Waals surface area contributed by atoms with Crippen molar-refractivity contribution in [1.29, 1.82) is 0 Å². The van der Waals surface area contributed by atoms with E-state index in [1.807, 2.05) is 6.92 Å². The monoisotopic (exact) mass is 320 g/mol. The molecule has 4 heteroatoms. The molecule has 4 aliphatic carbocycles. The molecule has 0 unspecified atom stereocenters. The van der Waals surface area contributed by atoms with Crippen LogP contribution in [0.3, 0.4) is 0 Å². The normalized spacial score (nSPS) is 56.0. The van der Waals surface area contributed by atoms with Crippen molar-refractivity contribution in [1.82, 2.24) is 0 Å². The van der Waals surface area contributed by atoms with Gasteiger partial charge in [-0.05, 0) is 55.8 Å². The van der Waals surface area contributed by atoms with Gasteiger partial charge in [0.05, 0.1) is 17.6 Å². The molecule has 0 spiro atoms. The van der Waals surface area contributed by atoms with Crippen molar-refractivity contribution in [2.75, 3.05) is 0 Å². The summed E-state index contributed by atoms with van der Waals surface area (Å²) in [6, 6.07) is 0. The Morgan fingerprint density at radius 3 is 2.57 bits per heavy atom. The van der Waals surface area contributed by atoms with E-state index in [0.717, 1.165) is 19.3 Å². The molecule has 23 heavy (non-hydrogen) atoms. The van der Waals surface area contributed by atoms with Crippen molar-refractivity contribution < 1.29 is 19.8 Å². The van der Waals surface area contributed by atoms with E-state index in [4.69, 9.17) is 0 Å². The fourth-order valence-corrected chi connectivity index (χ4v) is 6.85. The number of ketones is 2. The topological polar surface area (TPSA) is 74.6 Å². The summed E-state index contributed by atoms with van der Waals surface area (Å²) in [5.74, 6) is 1.34. The van der Waals surface area contributed by atoms with Crippen LogP contribution in [0.5, 0.6) is 0 Å². The molecule has 0 radical (unpaired) electrons. The first-order chi connectivity index (χ1) is 10.8.